The molecule has 0 fully saturated rings. The molecule has 1 atom stereocenters. The summed E-state index contributed by atoms with van der Waals surface area (Å²) in [7, 11) is 0. The summed E-state index contributed by atoms with van der Waals surface area (Å²) in [6.07, 6.45) is 4.05. The van der Waals surface area contributed by atoms with Gasteiger partial charge in [0.1, 0.15) is 0 Å². The minimum Gasteiger partial charge on any atom is -0.381 e. The van der Waals surface area contributed by atoms with E-state index in [1.165, 1.54) is 5.56 Å². The summed E-state index contributed by atoms with van der Waals surface area (Å²) < 4.78 is 0. The summed E-state index contributed by atoms with van der Waals surface area (Å²) in [5, 5.41) is 4.23. The second-order valence-electron chi connectivity index (χ2n) is 3.84. The molecule has 0 bridgehead atoms. The molecule has 1 aromatic rings. The normalized spacial score (nSPS) is 12.2. The molecule has 0 radical (unpaired) electrons. The molecule has 0 aromatic heterocycles. The van der Waals surface area contributed by atoms with Crippen LogP contribution in [0.25, 0.3) is 0 Å². The van der Waals surface area contributed by atoms with Gasteiger partial charge in [-0.25, -0.2) is 0 Å². The summed E-state index contributed by atoms with van der Waals surface area (Å²) >= 11 is 6.12. The van der Waals surface area contributed by atoms with Crippen molar-refractivity contribution in [1.82, 2.24) is 0 Å². The van der Waals surface area contributed by atoms with Gasteiger partial charge in [0.15, 0.2) is 0 Å². The second-order valence-corrected chi connectivity index (χ2v) is 4.25. The van der Waals surface area contributed by atoms with Crippen molar-refractivity contribution in [3.8, 4) is 0 Å². The molecule has 0 aliphatic heterocycles. The van der Waals surface area contributed by atoms with Gasteiger partial charge in [-0.1, -0.05) is 29.8 Å². The Bertz CT molecular complexity index is 313. The third kappa shape index (κ3) is 3.60. The first kappa shape index (κ1) is 12.1. The first-order chi connectivity index (χ1) is 7.15. The van der Waals surface area contributed by atoms with Gasteiger partial charge >= 0.3 is 0 Å². The van der Waals surface area contributed by atoms with E-state index in [2.05, 4.69) is 31.8 Å². The number of allylic oxidation sites excluding steroid dienone is 1. The van der Waals surface area contributed by atoms with Crippen molar-refractivity contribution in [3.05, 3.63) is 41.4 Å². The van der Waals surface area contributed by atoms with E-state index < -0.39 is 0 Å². The molecule has 15 heavy (non-hydrogen) atoms. The Morgan fingerprint density at radius 1 is 1.53 bits per heavy atom. The summed E-state index contributed by atoms with van der Waals surface area (Å²) in [6, 6.07) is 6.37. The highest BCUT2D eigenvalue weighted by Crippen LogP contribution is 2.26. The molecule has 0 heterocycles. The molecule has 0 spiro atoms. The van der Waals surface area contributed by atoms with Crippen LogP contribution in [-0.4, -0.2) is 6.04 Å². The Balaban J connectivity index is 2.67. The third-order valence-corrected chi connectivity index (χ3v) is 2.73. The van der Waals surface area contributed by atoms with Crippen LogP contribution >= 0.6 is 11.6 Å². The van der Waals surface area contributed by atoms with Crippen LogP contribution in [0, 0.1) is 6.92 Å². The first-order valence-electron chi connectivity index (χ1n) is 5.27. The lowest BCUT2D eigenvalue weighted by molar-refractivity contribution is 0.718. The zero-order chi connectivity index (χ0) is 11.3. The molecular weight excluding hydrogens is 206 g/mol. The molecule has 0 saturated carbocycles. The van der Waals surface area contributed by atoms with Crippen LogP contribution < -0.4 is 5.32 Å². The van der Waals surface area contributed by atoms with Gasteiger partial charge in [-0.05, 0) is 38.3 Å². The quantitative estimate of drug-likeness (QED) is 0.729. The molecule has 1 aromatic carbocycles. The van der Waals surface area contributed by atoms with Crippen LogP contribution in [0.4, 0.5) is 5.69 Å². The lowest BCUT2D eigenvalue weighted by atomic mass is 10.1. The van der Waals surface area contributed by atoms with Crippen molar-refractivity contribution in [1.29, 1.82) is 0 Å². The fourth-order valence-corrected chi connectivity index (χ4v) is 1.78. The van der Waals surface area contributed by atoms with E-state index in [0.29, 0.717) is 6.04 Å². The molecule has 1 nitrogen and oxygen atoms in total. The highest BCUT2D eigenvalue weighted by molar-refractivity contribution is 6.33. The SMILES string of the molecule is C=CCCC(C)Nc1c(C)cccc1Cl. The molecule has 0 saturated heterocycles. The fraction of sp³-hybridized carbons (Fsp3) is 0.385. The van der Waals surface area contributed by atoms with E-state index in [0.717, 1.165) is 23.6 Å². The summed E-state index contributed by atoms with van der Waals surface area (Å²) in [6.45, 7) is 7.94. The molecule has 1 unspecified atom stereocenters. The van der Waals surface area contributed by atoms with Crippen LogP contribution in [0.3, 0.4) is 0 Å². The number of rotatable bonds is 5. The molecule has 1 rings (SSSR count). The Kier molecular flexibility index (Phi) is 4.70. The fourth-order valence-electron chi connectivity index (χ4n) is 1.50. The van der Waals surface area contributed by atoms with Gasteiger partial charge in [0.25, 0.3) is 0 Å². The van der Waals surface area contributed by atoms with Crippen molar-refractivity contribution >= 4 is 17.3 Å². The average molecular weight is 224 g/mol. The first-order valence-corrected chi connectivity index (χ1v) is 5.65. The van der Waals surface area contributed by atoms with Crippen LogP contribution in [-0.2, 0) is 0 Å². The van der Waals surface area contributed by atoms with Crippen molar-refractivity contribution < 1.29 is 0 Å². The Hall–Kier alpha value is -0.950. The van der Waals surface area contributed by atoms with E-state index in [4.69, 9.17) is 11.6 Å². The maximum absolute atomic E-state index is 6.12. The number of benzene rings is 1. The van der Waals surface area contributed by atoms with Crippen LogP contribution in [0.5, 0.6) is 0 Å². The van der Waals surface area contributed by atoms with E-state index in [1.807, 2.05) is 18.2 Å². The lowest BCUT2D eigenvalue weighted by Crippen LogP contribution is -2.15. The number of halogens is 1. The van der Waals surface area contributed by atoms with Crippen LogP contribution in [0.1, 0.15) is 25.3 Å². The van der Waals surface area contributed by atoms with Gasteiger partial charge < -0.3 is 5.32 Å². The smallest absolute Gasteiger partial charge is 0.0640 e. The van der Waals surface area contributed by atoms with Gasteiger partial charge in [-0.2, -0.15) is 0 Å². The number of para-hydroxylation sites is 1. The summed E-state index contributed by atoms with van der Waals surface area (Å²) in [4.78, 5) is 0. The lowest BCUT2D eigenvalue weighted by Gasteiger charge is -2.17. The molecule has 1 N–H and O–H groups in total. The van der Waals surface area contributed by atoms with Crippen LogP contribution in [0.2, 0.25) is 5.02 Å². The number of aryl methyl sites for hydroxylation is 1. The highest BCUT2D eigenvalue weighted by atomic mass is 35.5. The maximum atomic E-state index is 6.12. The Morgan fingerprint density at radius 2 is 2.27 bits per heavy atom. The summed E-state index contributed by atoms with van der Waals surface area (Å²) in [5.74, 6) is 0. The topological polar surface area (TPSA) is 12.0 Å². The highest BCUT2D eigenvalue weighted by Gasteiger charge is 2.06. The molecule has 0 amide bonds. The standard InChI is InChI=1S/C13H18ClN/c1-4-5-8-11(3)15-13-10(2)7-6-9-12(13)14/h4,6-7,9,11,15H,1,5,8H2,2-3H3. The van der Waals surface area contributed by atoms with E-state index >= 15 is 0 Å². The van der Waals surface area contributed by atoms with E-state index in [9.17, 15) is 0 Å². The van der Waals surface area contributed by atoms with Gasteiger partial charge in [-0.15, -0.1) is 6.58 Å². The number of nitrogens with one attached hydrogen (secondary N) is 1. The van der Waals surface area contributed by atoms with Gasteiger partial charge in [-0.3, -0.25) is 0 Å². The number of hydrogen-bond donors (Lipinski definition) is 1. The zero-order valence-electron chi connectivity index (χ0n) is 9.39. The molecule has 0 aliphatic rings. The largest absolute Gasteiger partial charge is 0.381 e. The third-order valence-electron chi connectivity index (χ3n) is 2.42. The molecular formula is C13H18ClN. The van der Waals surface area contributed by atoms with Crippen LogP contribution in [0.15, 0.2) is 30.9 Å². The minimum absolute atomic E-state index is 0.418. The maximum Gasteiger partial charge on any atom is 0.0640 e. The van der Waals surface area contributed by atoms with Crippen molar-refractivity contribution in [3.63, 3.8) is 0 Å². The predicted octanol–water partition coefficient (Wildman–Crippen LogP) is 4.42. The minimum atomic E-state index is 0.418. The van der Waals surface area contributed by atoms with Gasteiger partial charge in [0.05, 0.1) is 10.7 Å². The Morgan fingerprint density at radius 3 is 2.87 bits per heavy atom. The van der Waals surface area contributed by atoms with E-state index in [1.54, 1.807) is 0 Å². The molecule has 0 aliphatic carbocycles. The monoisotopic (exact) mass is 223 g/mol. The van der Waals surface area contributed by atoms with E-state index in [-0.39, 0.29) is 0 Å². The average Bonchev–Trinajstić information content (AvgIpc) is 2.21. The van der Waals surface area contributed by atoms with Gasteiger partial charge in [0.2, 0.25) is 0 Å². The van der Waals surface area contributed by atoms with Crippen molar-refractivity contribution in [2.75, 3.05) is 5.32 Å². The van der Waals surface area contributed by atoms with Gasteiger partial charge in [0, 0.05) is 6.04 Å². The number of hydrogen-bond acceptors (Lipinski definition) is 1. The van der Waals surface area contributed by atoms with Crippen molar-refractivity contribution in [2.24, 2.45) is 0 Å². The molecule has 82 valence electrons. The number of anilines is 1. The molecule has 2 heteroatoms. The summed E-state index contributed by atoms with van der Waals surface area (Å²) in [5.41, 5.74) is 2.24. The Labute approximate surface area is 97.1 Å². The van der Waals surface area contributed by atoms with Crippen molar-refractivity contribution in [2.45, 2.75) is 32.7 Å². The second kappa shape index (κ2) is 5.82. The zero-order valence-corrected chi connectivity index (χ0v) is 10.1. The predicted molar refractivity (Wildman–Crippen MR) is 68.7 cm³/mol.